The third kappa shape index (κ3) is 6.92. The Balaban J connectivity index is 2.37. The highest BCUT2D eigenvalue weighted by Gasteiger charge is 2.15. The lowest BCUT2D eigenvalue weighted by atomic mass is 9.87. The van der Waals surface area contributed by atoms with Gasteiger partial charge < -0.3 is 15.4 Å². The predicted molar refractivity (Wildman–Crippen MR) is 86.0 cm³/mol. The second-order valence-electron chi connectivity index (χ2n) is 6.90. The summed E-state index contributed by atoms with van der Waals surface area (Å²) >= 11 is 0. The molecular weight excluding hydrogens is 248 g/mol. The zero-order valence-electron chi connectivity index (χ0n) is 13.6. The van der Waals surface area contributed by atoms with Crippen LogP contribution < -0.4 is 10.5 Å². The number of nitrogens with zero attached hydrogens (tertiary/aromatic N) is 1. The van der Waals surface area contributed by atoms with Crippen molar-refractivity contribution < 1.29 is 4.74 Å². The molecule has 0 radical (unpaired) electrons. The summed E-state index contributed by atoms with van der Waals surface area (Å²) in [5, 5.41) is 0. The maximum absolute atomic E-state index is 6.20. The molecule has 1 aromatic rings. The molecule has 2 N–H and O–H groups in total. The third-order valence-corrected chi connectivity index (χ3v) is 3.34. The van der Waals surface area contributed by atoms with Crippen molar-refractivity contribution in [1.29, 1.82) is 0 Å². The molecule has 3 heteroatoms. The van der Waals surface area contributed by atoms with Gasteiger partial charge in [0.05, 0.1) is 7.11 Å². The van der Waals surface area contributed by atoms with E-state index in [1.54, 1.807) is 7.11 Å². The first-order valence-corrected chi connectivity index (χ1v) is 7.37. The summed E-state index contributed by atoms with van der Waals surface area (Å²) in [6, 6.07) is 8.51. The lowest BCUT2D eigenvalue weighted by molar-refractivity contribution is 0.277. The summed E-state index contributed by atoms with van der Waals surface area (Å²) in [7, 11) is 3.84. The highest BCUT2D eigenvalue weighted by atomic mass is 16.5. The molecule has 3 nitrogen and oxygen atoms in total. The number of hydrogen-bond acceptors (Lipinski definition) is 3. The first-order valence-electron chi connectivity index (χ1n) is 7.37. The van der Waals surface area contributed by atoms with E-state index in [-0.39, 0.29) is 6.04 Å². The van der Waals surface area contributed by atoms with Crippen LogP contribution in [0.3, 0.4) is 0 Å². The largest absolute Gasteiger partial charge is 0.497 e. The fourth-order valence-corrected chi connectivity index (χ4v) is 2.44. The molecule has 0 heterocycles. The van der Waals surface area contributed by atoms with Crippen molar-refractivity contribution in [2.24, 2.45) is 11.1 Å². The van der Waals surface area contributed by atoms with E-state index in [4.69, 9.17) is 10.5 Å². The monoisotopic (exact) mass is 278 g/mol. The van der Waals surface area contributed by atoms with E-state index in [2.05, 4.69) is 44.9 Å². The van der Waals surface area contributed by atoms with Gasteiger partial charge in [0.1, 0.15) is 5.75 Å². The van der Waals surface area contributed by atoms with Gasteiger partial charge in [0.2, 0.25) is 0 Å². The molecule has 20 heavy (non-hydrogen) atoms. The van der Waals surface area contributed by atoms with Gasteiger partial charge in [-0.3, -0.25) is 0 Å². The van der Waals surface area contributed by atoms with E-state index in [1.807, 2.05) is 12.1 Å². The first kappa shape index (κ1) is 17.0. The van der Waals surface area contributed by atoms with Gasteiger partial charge in [0.15, 0.2) is 0 Å². The van der Waals surface area contributed by atoms with Crippen molar-refractivity contribution in [3.8, 4) is 5.75 Å². The fourth-order valence-electron chi connectivity index (χ4n) is 2.44. The molecule has 114 valence electrons. The Morgan fingerprint density at radius 1 is 1.30 bits per heavy atom. The van der Waals surface area contributed by atoms with Gasteiger partial charge in [0.25, 0.3) is 0 Å². The number of ether oxygens (including phenoxy) is 1. The molecule has 0 amide bonds. The Hall–Kier alpha value is -1.06. The number of methoxy groups -OCH3 is 1. The average Bonchev–Trinajstić information content (AvgIpc) is 2.34. The second-order valence-corrected chi connectivity index (χ2v) is 6.90. The van der Waals surface area contributed by atoms with Crippen molar-refractivity contribution in [3.05, 3.63) is 29.8 Å². The first-order chi connectivity index (χ1) is 9.30. The Kier molecular flexibility index (Phi) is 6.50. The SMILES string of the molecule is COc1cccc(CN(C)CCC(N)CC(C)(C)C)c1. The fraction of sp³-hybridized carbons (Fsp3) is 0.647. The van der Waals surface area contributed by atoms with E-state index in [0.717, 1.165) is 31.7 Å². The number of nitrogens with two attached hydrogens (primary N) is 1. The summed E-state index contributed by atoms with van der Waals surface area (Å²) in [6.07, 6.45) is 2.11. The summed E-state index contributed by atoms with van der Waals surface area (Å²) < 4.78 is 5.25. The van der Waals surface area contributed by atoms with E-state index in [0.29, 0.717) is 5.41 Å². The maximum Gasteiger partial charge on any atom is 0.119 e. The van der Waals surface area contributed by atoms with Crippen LogP contribution >= 0.6 is 0 Å². The van der Waals surface area contributed by atoms with E-state index < -0.39 is 0 Å². The molecule has 0 aliphatic heterocycles. The highest BCUT2D eigenvalue weighted by Crippen LogP contribution is 2.21. The minimum atomic E-state index is 0.280. The van der Waals surface area contributed by atoms with E-state index >= 15 is 0 Å². The zero-order chi connectivity index (χ0) is 15.2. The quantitative estimate of drug-likeness (QED) is 0.832. The van der Waals surface area contributed by atoms with Crippen molar-refractivity contribution in [2.45, 2.75) is 46.2 Å². The molecular formula is C17H30N2O. The number of benzene rings is 1. The van der Waals surface area contributed by atoms with Crippen LogP contribution in [0.15, 0.2) is 24.3 Å². The Morgan fingerprint density at radius 2 is 2.00 bits per heavy atom. The minimum Gasteiger partial charge on any atom is -0.497 e. The molecule has 0 spiro atoms. The van der Waals surface area contributed by atoms with Gasteiger partial charge in [0, 0.05) is 12.6 Å². The molecule has 0 saturated carbocycles. The van der Waals surface area contributed by atoms with Gasteiger partial charge in [-0.25, -0.2) is 0 Å². The molecule has 1 aromatic carbocycles. The minimum absolute atomic E-state index is 0.280. The van der Waals surface area contributed by atoms with Crippen LogP contribution in [0.1, 0.15) is 39.2 Å². The molecule has 0 bridgehead atoms. The molecule has 1 atom stereocenters. The van der Waals surface area contributed by atoms with Gasteiger partial charge in [-0.1, -0.05) is 32.9 Å². The van der Waals surface area contributed by atoms with Gasteiger partial charge in [-0.2, -0.15) is 0 Å². The summed E-state index contributed by atoms with van der Waals surface area (Å²) in [5.41, 5.74) is 7.79. The molecule has 0 fully saturated rings. The maximum atomic E-state index is 6.20. The third-order valence-electron chi connectivity index (χ3n) is 3.34. The lowest BCUT2D eigenvalue weighted by Crippen LogP contribution is -2.31. The average molecular weight is 278 g/mol. The second kappa shape index (κ2) is 7.65. The van der Waals surface area contributed by atoms with Crippen LogP contribution in [0.25, 0.3) is 0 Å². The topological polar surface area (TPSA) is 38.5 Å². The summed E-state index contributed by atoms with van der Waals surface area (Å²) in [6.45, 7) is 8.68. The van der Waals surface area contributed by atoms with E-state index in [9.17, 15) is 0 Å². The van der Waals surface area contributed by atoms with Gasteiger partial charge in [-0.15, -0.1) is 0 Å². The molecule has 0 saturated heterocycles. The van der Waals surface area contributed by atoms with Crippen LogP contribution in [0.4, 0.5) is 0 Å². The standard InChI is InChI=1S/C17H30N2O/c1-17(2,3)12-15(18)9-10-19(4)13-14-7-6-8-16(11-14)20-5/h6-8,11,15H,9-10,12-13,18H2,1-5H3. The molecule has 1 rings (SSSR count). The normalized spacial score (nSPS) is 13.6. The zero-order valence-corrected chi connectivity index (χ0v) is 13.6. The molecule has 0 aromatic heterocycles. The molecule has 0 aliphatic rings. The van der Waals surface area contributed by atoms with Crippen LogP contribution in [-0.4, -0.2) is 31.6 Å². The van der Waals surface area contributed by atoms with Crippen LogP contribution in [0.5, 0.6) is 5.75 Å². The summed E-state index contributed by atoms with van der Waals surface area (Å²) in [4.78, 5) is 2.32. The van der Waals surface area contributed by atoms with Gasteiger partial charge in [-0.05, 0) is 49.5 Å². The Labute approximate surface area is 124 Å². The molecule has 1 unspecified atom stereocenters. The highest BCUT2D eigenvalue weighted by molar-refractivity contribution is 5.28. The van der Waals surface area contributed by atoms with Gasteiger partial charge >= 0.3 is 0 Å². The number of rotatable bonds is 7. The van der Waals surface area contributed by atoms with Crippen molar-refractivity contribution in [3.63, 3.8) is 0 Å². The lowest BCUT2D eigenvalue weighted by Gasteiger charge is -2.25. The van der Waals surface area contributed by atoms with E-state index in [1.165, 1.54) is 5.56 Å². The van der Waals surface area contributed by atoms with Crippen LogP contribution in [-0.2, 0) is 6.54 Å². The Bertz CT molecular complexity index is 398. The predicted octanol–water partition coefficient (Wildman–Crippen LogP) is 3.28. The van der Waals surface area contributed by atoms with Crippen LogP contribution in [0, 0.1) is 5.41 Å². The molecule has 0 aliphatic carbocycles. The summed E-state index contributed by atoms with van der Waals surface area (Å²) in [5.74, 6) is 0.917. The number of hydrogen-bond donors (Lipinski definition) is 1. The van der Waals surface area contributed by atoms with Crippen LogP contribution in [0.2, 0.25) is 0 Å². The van der Waals surface area contributed by atoms with Crippen molar-refractivity contribution >= 4 is 0 Å². The van der Waals surface area contributed by atoms with Crippen molar-refractivity contribution in [2.75, 3.05) is 20.7 Å². The smallest absolute Gasteiger partial charge is 0.119 e. The Morgan fingerprint density at radius 3 is 2.60 bits per heavy atom. The van der Waals surface area contributed by atoms with Crippen molar-refractivity contribution in [1.82, 2.24) is 4.90 Å².